The van der Waals surface area contributed by atoms with Gasteiger partial charge < -0.3 is 23.7 Å². The fourth-order valence-corrected chi connectivity index (χ4v) is 2.63. The van der Waals surface area contributed by atoms with Gasteiger partial charge in [0.15, 0.2) is 11.4 Å². The van der Waals surface area contributed by atoms with Crippen molar-refractivity contribution in [1.82, 2.24) is 4.98 Å². The molecule has 1 saturated heterocycles. The van der Waals surface area contributed by atoms with Gasteiger partial charge in [-0.2, -0.15) is 0 Å². The predicted molar refractivity (Wildman–Crippen MR) is 93.6 cm³/mol. The molecule has 0 radical (unpaired) electrons. The number of esters is 1. The first kappa shape index (κ1) is 18.2. The standard InChI is InChI=1S/C19H21NO6/c1-22-16-6-4-3-5-14(16)15-7-8-17(18(20-15)19(21)23-2)26-12-13-11-24-9-10-25-13/h3-8,13H,9-12H2,1-2H3. The number of pyridine rings is 1. The van der Waals surface area contributed by atoms with Crippen LogP contribution in [-0.2, 0) is 14.2 Å². The van der Waals surface area contributed by atoms with Gasteiger partial charge in [-0.1, -0.05) is 12.1 Å². The van der Waals surface area contributed by atoms with Crippen LogP contribution in [0.2, 0.25) is 0 Å². The average Bonchev–Trinajstić information content (AvgIpc) is 2.72. The topological polar surface area (TPSA) is 76.1 Å². The molecule has 26 heavy (non-hydrogen) atoms. The number of methoxy groups -OCH3 is 2. The van der Waals surface area contributed by atoms with Crippen LogP contribution in [0.4, 0.5) is 0 Å². The Bertz CT molecular complexity index is 757. The summed E-state index contributed by atoms with van der Waals surface area (Å²) in [6, 6.07) is 10.9. The fourth-order valence-electron chi connectivity index (χ4n) is 2.63. The van der Waals surface area contributed by atoms with Crippen molar-refractivity contribution < 1.29 is 28.5 Å². The highest BCUT2D eigenvalue weighted by molar-refractivity contribution is 5.91. The van der Waals surface area contributed by atoms with E-state index in [0.717, 1.165) is 5.56 Å². The largest absolute Gasteiger partial charge is 0.496 e. The van der Waals surface area contributed by atoms with Crippen LogP contribution < -0.4 is 9.47 Å². The molecule has 7 nitrogen and oxygen atoms in total. The van der Waals surface area contributed by atoms with Crippen molar-refractivity contribution in [3.8, 4) is 22.8 Å². The summed E-state index contributed by atoms with van der Waals surface area (Å²) < 4.78 is 26.9. The van der Waals surface area contributed by atoms with E-state index < -0.39 is 5.97 Å². The first-order valence-corrected chi connectivity index (χ1v) is 8.28. The van der Waals surface area contributed by atoms with Gasteiger partial charge in [-0.3, -0.25) is 0 Å². The highest BCUT2D eigenvalue weighted by Crippen LogP contribution is 2.30. The Morgan fingerprint density at radius 1 is 1.15 bits per heavy atom. The van der Waals surface area contributed by atoms with Crippen molar-refractivity contribution in [1.29, 1.82) is 0 Å². The van der Waals surface area contributed by atoms with Crippen molar-refractivity contribution in [2.45, 2.75) is 6.10 Å². The molecule has 0 amide bonds. The van der Waals surface area contributed by atoms with E-state index in [1.54, 1.807) is 19.2 Å². The molecule has 1 aromatic heterocycles. The number of hydrogen-bond donors (Lipinski definition) is 0. The zero-order valence-electron chi connectivity index (χ0n) is 14.8. The summed E-state index contributed by atoms with van der Waals surface area (Å²) in [6.07, 6.45) is -0.178. The number of aromatic nitrogens is 1. The Morgan fingerprint density at radius 3 is 2.73 bits per heavy atom. The zero-order valence-corrected chi connectivity index (χ0v) is 14.8. The zero-order chi connectivity index (χ0) is 18.4. The predicted octanol–water partition coefficient (Wildman–Crippen LogP) is 2.34. The van der Waals surface area contributed by atoms with E-state index in [0.29, 0.717) is 37.0 Å². The fraction of sp³-hybridized carbons (Fsp3) is 0.368. The maximum atomic E-state index is 12.2. The lowest BCUT2D eigenvalue weighted by Crippen LogP contribution is -2.33. The highest BCUT2D eigenvalue weighted by atomic mass is 16.6. The smallest absolute Gasteiger partial charge is 0.360 e. The summed E-state index contributed by atoms with van der Waals surface area (Å²) in [7, 11) is 2.89. The van der Waals surface area contributed by atoms with Crippen molar-refractivity contribution in [2.24, 2.45) is 0 Å². The number of hydrogen-bond acceptors (Lipinski definition) is 7. The van der Waals surface area contributed by atoms with E-state index in [1.807, 2.05) is 24.3 Å². The van der Waals surface area contributed by atoms with E-state index in [2.05, 4.69) is 4.98 Å². The average molecular weight is 359 g/mol. The lowest BCUT2D eigenvalue weighted by atomic mass is 10.1. The Hall–Kier alpha value is -2.64. The van der Waals surface area contributed by atoms with Crippen molar-refractivity contribution in [2.75, 3.05) is 40.6 Å². The summed E-state index contributed by atoms with van der Waals surface area (Å²) in [5.41, 5.74) is 1.47. The molecule has 138 valence electrons. The summed E-state index contributed by atoms with van der Waals surface area (Å²) in [4.78, 5) is 16.6. The minimum Gasteiger partial charge on any atom is -0.496 e. The number of benzene rings is 1. The molecule has 0 spiro atoms. The quantitative estimate of drug-likeness (QED) is 0.733. The Kier molecular flexibility index (Phi) is 6.04. The number of rotatable bonds is 6. The molecule has 1 aliphatic rings. The van der Waals surface area contributed by atoms with Crippen LogP contribution in [-0.4, -0.2) is 57.7 Å². The first-order chi connectivity index (χ1) is 12.7. The van der Waals surface area contributed by atoms with Crippen LogP contribution in [0, 0.1) is 0 Å². The molecule has 3 rings (SSSR count). The third-order valence-corrected chi connectivity index (χ3v) is 3.93. The lowest BCUT2D eigenvalue weighted by Gasteiger charge is -2.23. The molecule has 0 N–H and O–H groups in total. The second-order valence-corrected chi connectivity index (χ2v) is 5.61. The van der Waals surface area contributed by atoms with E-state index >= 15 is 0 Å². The maximum Gasteiger partial charge on any atom is 0.360 e. The molecule has 1 aliphatic heterocycles. The number of para-hydroxylation sites is 1. The Balaban J connectivity index is 1.86. The van der Waals surface area contributed by atoms with Gasteiger partial charge in [0.2, 0.25) is 0 Å². The van der Waals surface area contributed by atoms with E-state index in [-0.39, 0.29) is 18.4 Å². The first-order valence-electron chi connectivity index (χ1n) is 8.28. The molecule has 1 atom stereocenters. The molecule has 0 saturated carbocycles. The van der Waals surface area contributed by atoms with Gasteiger partial charge in [0.05, 0.1) is 39.7 Å². The van der Waals surface area contributed by atoms with Crippen LogP contribution in [0.1, 0.15) is 10.5 Å². The maximum absolute atomic E-state index is 12.2. The summed E-state index contributed by atoms with van der Waals surface area (Å²) in [5.74, 6) is 0.430. The monoisotopic (exact) mass is 359 g/mol. The highest BCUT2D eigenvalue weighted by Gasteiger charge is 2.21. The van der Waals surface area contributed by atoms with Crippen LogP contribution in [0.5, 0.6) is 11.5 Å². The molecule has 7 heteroatoms. The van der Waals surface area contributed by atoms with Crippen molar-refractivity contribution in [3.05, 3.63) is 42.1 Å². The number of ether oxygens (including phenoxy) is 5. The minimum absolute atomic E-state index is 0.104. The van der Waals surface area contributed by atoms with Gasteiger partial charge >= 0.3 is 5.97 Å². The van der Waals surface area contributed by atoms with Crippen LogP contribution in [0.3, 0.4) is 0 Å². The third kappa shape index (κ3) is 4.12. The van der Waals surface area contributed by atoms with E-state index in [9.17, 15) is 4.79 Å². The lowest BCUT2D eigenvalue weighted by molar-refractivity contribution is -0.101. The molecule has 1 fully saturated rings. The second-order valence-electron chi connectivity index (χ2n) is 5.61. The van der Waals surface area contributed by atoms with Gasteiger partial charge in [0.1, 0.15) is 18.5 Å². The third-order valence-electron chi connectivity index (χ3n) is 3.93. The van der Waals surface area contributed by atoms with Gasteiger partial charge in [-0.25, -0.2) is 9.78 Å². The Labute approximate surface area is 151 Å². The molecular weight excluding hydrogens is 338 g/mol. The summed E-state index contributed by atoms with van der Waals surface area (Å²) in [5, 5.41) is 0. The Morgan fingerprint density at radius 2 is 2.00 bits per heavy atom. The van der Waals surface area contributed by atoms with Crippen LogP contribution in [0.25, 0.3) is 11.3 Å². The van der Waals surface area contributed by atoms with Gasteiger partial charge in [0.25, 0.3) is 0 Å². The number of nitrogens with zero attached hydrogens (tertiary/aromatic N) is 1. The van der Waals surface area contributed by atoms with Crippen LogP contribution in [0.15, 0.2) is 36.4 Å². The normalized spacial score (nSPS) is 16.8. The number of carbonyl (C=O) groups is 1. The van der Waals surface area contributed by atoms with Gasteiger partial charge in [-0.05, 0) is 24.3 Å². The summed E-state index contributed by atoms with van der Waals surface area (Å²) in [6.45, 7) is 1.84. The van der Waals surface area contributed by atoms with E-state index in [4.69, 9.17) is 23.7 Å². The molecule has 0 aliphatic carbocycles. The second kappa shape index (κ2) is 8.64. The molecular formula is C19H21NO6. The minimum atomic E-state index is -0.572. The molecule has 2 aromatic rings. The molecule has 2 heterocycles. The molecule has 1 unspecified atom stereocenters. The SMILES string of the molecule is COC(=O)c1nc(-c2ccccc2OC)ccc1OCC1COCCO1. The van der Waals surface area contributed by atoms with Gasteiger partial charge in [-0.15, -0.1) is 0 Å². The summed E-state index contributed by atoms with van der Waals surface area (Å²) >= 11 is 0. The number of carbonyl (C=O) groups excluding carboxylic acids is 1. The van der Waals surface area contributed by atoms with Crippen LogP contribution >= 0.6 is 0 Å². The van der Waals surface area contributed by atoms with E-state index in [1.165, 1.54) is 7.11 Å². The molecule has 0 bridgehead atoms. The van der Waals surface area contributed by atoms with Crippen molar-refractivity contribution in [3.63, 3.8) is 0 Å². The van der Waals surface area contributed by atoms with Gasteiger partial charge in [0, 0.05) is 5.56 Å². The van der Waals surface area contributed by atoms with Crippen molar-refractivity contribution >= 4 is 5.97 Å². The molecule has 1 aromatic carbocycles.